The molecule has 9 heteroatoms. The van der Waals surface area contributed by atoms with Gasteiger partial charge in [-0.05, 0) is 38.5 Å². The van der Waals surface area contributed by atoms with E-state index in [-0.39, 0.29) is 24.8 Å². The van der Waals surface area contributed by atoms with Gasteiger partial charge in [0.15, 0.2) is 0 Å². The molecule has 1 aromatic carbocycles. The van der Waals surface area contributed by atoms with Crippen LogP contribution in [0.15, 0.2) is 18.2 Å². The van der Waals surface area contributed by atoms with E-state index >= 15 is 0 Å². The summed E-state index contributed by atoms with van der Waals surface area (Å²) in [5.74, 6) is -3.55. The largest absolute Gasteiger partial charge is 0.346 e. The third-order valence-electron chi connectivity index (χ3n) is 3.96. The molecule has 2 rings (SSSR count). The van der Waals surface area contributed by atoms with Gasteiger partial charge in [-0.1, -0.05) is 0 Å². The maximum absolute atomic E-state index is 13.3. The maximum atomic E-state index is 13.3. The maximum Gasteiger partial charge on any atom is 0.311 e. The standard InChI is InChI=1S/C17H20F3N3O3/c1-9(2)21-16(25)17(26)23-6-5-10(8-23)15(24)22-11-3-4-13(18)12(7-11)14(19)20/h3-4,7,9-10,14H,5-6,8H2,1-2H3,(H,21,25)(H,22,24)/t10-/m0/s1. The van der Waals surface area contributed by atoms with Crippen molar-refractivity contribution in [1.29, 1.82) is 0 Å². The third kappa shape index (κ3) is 4.74. The molecule has 0 unspecified atom stereocenters. The number of amides is 3. The van der Waals surface area contributed by atoms with E-state index in [2.05, 4.69) is 10.6 Å². The number of halogens is 3. The molecule has 0 radical (unpaired) electrons. The summed E-state index contributed by atoms with van der Waals surface area (Å²) in [5, 5.41) is 4.94. The molecule has 1 aliphatic heterocycles. The van der Waals surface area contributed by atoms with Crippen LogP contribution in [0.2, 0.25) is 0 Å². The second-order valence-electron chi connectivity index (χ2n) is 6.39. The topological polar surface area (TPSA) is 78.5 Å². The minimum atomic E-state index is -2.99. The van der Waals surface area contributed by atoms with Crippen LogP contribution in [0.1, 0.15) is 32.3 Å². The molecule has 1 heterocycles. The number of alkyl halides is 2. The van der Waals surface area contributed by atoms with Crippen LogP contribution < -0.4 is 10.6 Å². The quantitative estimate of drug-likeness (QED) is 0.796. The van der Waals surface area contributed by atoms with Gasteiger partial charge in [0.05, 0.1) is 11.5 Å². The number of anilines is 1. The molecular weight excluding hydrogens is 351 g/mol. The molecule has 1 aromatic rings. The summed E-state index contributed by atoms with van der Waals surface area (Å²) in [7, 11) is 0. The molecule has 26 heavy (non-hydrogen) atoms. The van der Waals surface area contributed by atoms with Gasteiger partial charge in [-0.15, -0.1) is 0 Å². The Balaban J connectivity index is 1.96. The Labute approximate surface area is 148 Å². The number of nitrogens with zero attached hydrogens (tertiary/aromatic N) is 1. The van der Waals surface area contributed by atoms with E-state index in [1.165, 1.54) is 11.0 Å². The van der Waals surface area contributed by atoms with Gasteiger partial charge in [0.25, 0.3) is 6.43 Å². The highest BCUT2D eigenvalue weighted by atomic mass is 19.3. The van der Waals surface area contributed by atoms with Crippen molar-refractivity contribution < 1.29 is 27.6 Å². The van der Waals surface area contributed by atoms with E-state index < -0.39 is 41.4 Å². The fraction of sp³-hybridized carbons (Fsp3) is 0.471. The molecule has 0 saturated carbocycles. The Hall–Kier alpha value is -2.58. The number of hydrogen-bond donors (Lipinski definition) is 2. The molecule has 1 atom stereocenters. The van der Waals surface area contributed by atoms with Gasteiger partial charge in [0, 0.05) is 24.8 Å². The van der Waals surface area contributed by atoms with Crippen LogP contribution in [0.3, 0.4) is 0 Å². The number of carbonyl (C=O) groups is 3. The van der Waals surface area contributed by atoms with Gasteiger partial charge in [-0.25, -0.2) is 13.2 Å². The van der Waals surface area contributed by atoms with Crippen LogP contribution >= 0.6 is 0 Å². The van der Waals surface area contributed by atoms with Gasteiger partial charge in [0.1, 0.15) is 5.82 Å². The van der Waals surface area contributed by atoms with Crippen molar-refractivity contribution in [3.05, 3.63) is 29.6 Å². The zero-order valence-electron chi connectivity index (χ0n) is 14.4. The minimum absolute atomic E-state index is 0.0500. The first kappa shape index (κ1) is 19.7. The highest BCUT2D eigenvalue weighted by Crippen LogP contribution is 2.26. The van der Waals surface area contributed by atoms with Crippen LogP contribution in [0.5, 0.6) is 0 Å². The predicted molar refractivity (Wildman–Crippen MR) is 88.0 cm³/mol. The molecule has 1 saturated heterocycles. The van der Waals surface area contributed by atoms with Crippen LogP contribution in [0.25, 0.3) is 0 Å². The van der Waals surface area contributed by atoms with Crippen molar-refractivity contribution in [2.75, 3.05) is 18.4 Å². The highest BCUT2D eigenvalue weighted by molar-refractivity contribution is 6.35. The summed E-state index contributed by atoms with van der Waals surface area (Å²) < 4.78 is 38.7. The zero-order valence-corrected chi connectivity index (χ0v) is 14.4. The van der Waals surface area contributed by atoms with Crippen molar-refractivity contribution in [2.24, 2.45) is 5.92 Å². The number of benzene rings is 1. The fourth-order valence-corrected chi connectivity index (χ4v) is 2.66. The van der Waals surface area contributed by atoms with E-state index in [9.17, 15) is 27.6 Å². The average Bonchev–Trinajstić information content (AvgIpc) is 3.05. The number of hydrogen-bond acceptors (Lipinski definition) is 3. The van der Waals surface area contributed by atoms with Crippen molar-refractivity contribution in [3.63, 3.8) is 0 Å². The lowest BCUT2D eigenvalue weighted by Gasteiger charge is -2.17. The molecule has 0 spiro atoms. The Morgan fingerprint density at radius 1 is 1.23 bits per heavy atom. The molecule has 0 aliphatic carbocycles. The Kier molecular flexibility index (Phi) is 6.23. The molecule has 142 valence electrons. The average molecular weight is 371 g/mol. The first-order valence-electron chi connectivity index (χ1n) is 8.17. The number of likely N-dealkylation sites (tertiary alicyclic amines) is 1. The van der Waals surface area contributed by atoms with Crippen molar-refractivity contribution in [1.82, 2.24) is 10.2 Å². The van der Waals surface area contributed by atoms with Crippen LogP contribution in [-0.2, 0) is 14.4 Å². The van der Waals surface area contributed by atoms with Gasteiger partial charge >= 0.3 is 11.8 Å². The predicted octanol–water partition coefficient (Wildman–Crippen LogP) is 2.07. The first-order valence-corrected chi connectivity index (χ1v) is 8.17. The van der Waals surface area contributed by atoms with E-state index in [0.717, 1.165) is 12.1 Å². The Morgan fingerprint density at radius 3 is 2.54 bits per heavy atom. The SMILES string of the molecule is CC(C)NC(=O)C(=O)N1CC[C@H](C(=O)Nc2ccc(F)c(C(F)F)c2)C1. The molecule has 6 nitrogen and oxygen atoms in total. The van der Waals surface area contributed by atoms with Crippen molar-refractivity contribution in [3.8, 4) is 0 Å². The summed E-state index contributed by atoms with van der Waals surface area (Å²) in [6.45, 7) is 3.75. The van der Waals surface area contributed by atoms with E-state index in [4.69, 9.17) is 0 Å². The second kappa shape index (κ2) is 8.20. The first-order chi connectivity index (χ1) is 12.2. The monoisotopic (exact) mass is 371 g/mol. The highest BCUT2D eigenvalue weighted by Gasteiger charge is 2.34. The minimum Gasteiger partial charge on any atom is -0.346 e. The lowest BCUT2D eigenvalue weighted by atomic mass is 10.1. The second-order valence-corrected chi connectivity index (χ2v) is 6.39. The summed E-state index contributed by atoms with van der Waals surface area (Å²) >= 11 is 0. The summed E-state index contributed by atoms with van der Waals surface area (Å²) in [6.07, 6.45) is -2.65. The van der Waals surface area contributed by atoms with Crippen molar-refractivity contribution in [2.45, 2.75) is 32.7 Å². The zero-order chi connectivity index (χ0) is 19.4. The van der Waals surface area contributed by atoms with Crippen LogP contribution in [0, 0.1) is 11.7 Å². The summed E-state index contributed by atoms with van der Waals surface area (Å²) in [5.41, 5.74) is -0.745. The van der Waals surface area contributed by atoms with E-state index in [0.29, 0.717) is 6.42 Å². The molecule has 1 fully saturated rings. The van der Waals surface area contributed by atoms with Gasteiger partial charge < -0.3 is 15.5 Å². The van der Waals surface area contributed by atoms with Crippen molar-refractivity contribution >= 4 is 23.4 Å². The normalized spacial score (nSPS) is 16.9. The number of nitrogens with one attached hydrogen (secondary N) is 2. The molecule has 0 bridgehead atoms. The Morgan fingerprint density at radius 2 is 1.92 bits per heavy atom. The van der Waals surface area contributed by atoms with Gasteiger partial charge in [-0.3, -0.25) is 14.4 Å². The lowest BCUT2D eigenvalue weighted by molar-refractivity contribution is -0.145. The summed E-state index contributed by atoms with van der Waals surface area (Å²) in [6, 6.07) is 2.74. The third-order valence-corrected chi connectivity index (χ3v) is 3.96. The molecule has 1 aliphatic rings. The lowest BCUT2D eigenvalue weighted by Crippen LogP contribution is -2.44. The Bertz CT molecular complexity index is 710. The van der Waals surface area contributed by atoms with E-state index in [1.807, 2.05) is 0 Å². The molecule has 3 amide bonds. The van der Waals surface area contributed by atoms with Gasteiger partial charge in [-0.2, -0.15) is 0 Å². The molecular formula is C17H20F3N3O3. The van der Waals surface area contributed by atoms with Crippen LogP contribution in [-0.4, -0.2) is 41.8 Å². The van der Waals surface area contributed by atoms with Gasteiger partial charge in [0.2, 0.25) is 5.91 Å². The summed E-state index contributed by atoms with van der Waals surface area (Å²) in [4.78, 5) is 37.3. The fourth-order valence-electron chi connectivity index (χ4n) is 2.66. The van der Waals surface area contributed by atoms with Crippen LogP contribution in [0.4, 0.5) is 18.9 Å². The number of carbonyl (C=O) groups excluding carboxylic acids is 3. The number of rotatable bonds is 4. The van der Waals surface area contributed by atoms with E-state index in [1.54, 1.807) is 13.8 Å². The smallest absolute Gasteiger partial charge is 0.311 e. The molecule has 0 aromatic heterocycles. The molecule has 2 N–H and O–H groups in total.